The molecule has 3 N–H and O–H groups in total. The van der Waals surface area contributed by atoms with Crippen LogP contribution in [0.2, 0.25) is 0 Å². The van der Waals surface area contributed by atoms with Gasteiger partial charge < -0.3 is 10.6 Å². The number of fused-ring (bicyclic) bond motifs is 1. The van der Waals surface area contributed by atoms with E-state index in [4.69, 9.17) is 0 Å². The van der Waals surface area contributed by atoms with Gasteiger partial charge in [-0.05, 0) is 31.0 Å². The number of rotatable bonds is 6. The van der Waals surface area contributed by atoms with E-state index in [0.717, 1.165) is 31.2 Å². The Kier molecular flexibility index (Phi) is 5.42. The van der Waals surface area contributed by atoms with E-state index in [1.807, 2.05) is 0 Å². The van der Waals surface area contributed by atoms with Gasteiger partial charge >= 0.3 is 6.03 Å². The van der Waals surface area contributed by atoms with Crippen LogP contribution in [0.15, 0.2) is 30.6 Å². The van der Waals surface area contributed by atoms with Crippen molar-refractivity contribution in [2.45, 2.75) is 38.1 Å². The van der Waals surface area contributed by atoms with Crippen molar-refractivity contribution in [1.29, 1.82) is 0 Å². The average Bonchev–Trinajstić information content (AvgIpc) is 3.02. The largest absolute Gasteiger partial charge is 0.337 e. The van der Waals surface area contributed by atoms with Crippen molar-refractivity contribution >= 4 is 27.3 Å². The molecule has 3 rings (SSSR count). The normalized spacial score (nSPS) is 15.8. The summed E-state index contributed by atoms with van der Waals surface area (Å²) >= 11 is 0. The second-order valence-electron chi connectivity index (χ2n) is 6.27. The van der Waals surface area contributed by atoms with Gasteiger partial charge in [0.2, 0.25) is 10.0 Å². The van der Waals surface area contributed by atoms with E-state index in [0.29, 0.717) is 5.69 Å². The molecular weight excluding hydrogens is 342 g/mol. The maximum absolute atomic E-state index is 12.1. The molecule has 0 spiro atoms. The first-order valence-corrected chi connectivity index (χ1v) is 10.2. The molecular formula is C16H23N5O3S. The summed E-state index contributed by atoms with van der Waals surface area (Å²) in [6.07, 6.45) is 8.78. The fraction of sp³-hybridized carbons (Fsp3) is 0.500. The lowest BCUT2D eigenvalue weighted by Gasteiger charge is -2.22. The molecule has 0 aromatic carbocycles. The van der Waals surface area contributed by atoms with Crippen LogP contribution in [0.5, 0.6) is 0 Å². The van der Waals surface area contributed by atoms with Crippen LogP contribution in [0.1, 0.15) is 32.1 Å². The van der Waals surface area contributed by atoms with Crippen molar-refractivity contribution in [1.82, 2.24) is 20.2 Å². The van der Waals surface area contributed by atoms with E-state index >= 15 is 0 Å². The number of hydrogen-bond donors (Lipinski definition) is 3. The number of carbonyl (C=O) groups is 1. The van der Waals surface area contributed by atoms with Crippen LogP contribution in [-0.2, 0) is 10.0 Å². The van der Waals surface area contributed by atoms with Crippen LogP contribution in [0.3, 0.4) is 0 Å². The zero-order chi connectivity index (χ0) is 17.7. The first kappa shape index (κ1) is 17.5. The molecule has 2 aromatic heterocycles. The van der Waals surface area contributed by atoms with Gasteiger partial charge in [0.25, 0.3) is 0 Å². The van der Waals surface area contributed by atoms with Gasteiger partial charge in [-0.2, -0.15) is 5.10 Å². The van der Waals surface area contributed by atoms with Crippen molar-refractivity contribution in [2.24, 2.45) is 0 Å². The highest BCUT2D eigenvalue weighted by Gasteiger charge is 2.16. The molecule has 0 saturated heterocycles. The molecule has 136 valence electrons. The van der Waals surface area contributed by atoms with Crippen LogP contribution in [0, 0.1) is 0 Å². The van der Waals surface area contributed by atoms with E-state index in [1.54, 1.807) is 35.1 Å². The van der Waals surface area contributed by atoms with Crippen LogP contribution in [0.25, 0.3) is 5.52 Å². The Balaban J connectivity index is 1.45. The molecule has 25 heavy (non-hydrogen) atoms. The summed E-state index contributed by atoms with van der Waals surface area (Å²) in [6.45, 7) is 0.0583. The molecule has 0 atom stereocenters. The Labute approximate surface area is 147 Å². The summed E-state index contributed by atoms with van der Waals surface area (Å²) in [7, 11) is -3.54. The van der Waals surface area contributed by atoms with Crippen molar-refractivity contribution in [3.05, 3.63) is 30.6 Å². The van der Waals surface area contributed by atoms with Gasteiger partial charge in [0, 0.05) is 25.0 Å². The van der Waals surface area contributed by atoms with Crippen molar-refractivity contribution < 1.29 is 13.2 Å². The topological polar surface area (TPSA) is 105 Å². The van der Waals surface area contributed by atoms with Crippen LogP contribution in [-0.4, -0.2) is 42.4 Å². The number of hydrogen-bond acceptors (Lipinski definition) is 4. The molecule has 1 saturated carbocycles. The highest BCUT2D eigenvalue weighted by Crippen LogP contribution is 2.17. The Hall–Kier alpha value is -2.29. The summed E-state index contributed by atoms with van der Waals surface area (Å²) in [5.41, 5.74) is 1.27. The van der Waals surface area contributed by atoms with E-state index < -0.39 is 10.0 Å². The van der Waals surface area contributed by atoms with Crippen LogP contribution < -0.4 is 15.4 Å². The quantitative estimate of drug-likeness (QED) is 0.725. The Bertz CT molecular complexity index is 827. The summed E-state index contributed by atoms with van der Waals surface area (Å²) in [5.74, 6) is -0.185. The fourth-order valence-electron chi connectivity index (χ4n) is 3.00. The minimum atomic E-state index is -3.54. The summed E-state index contributed by atoms with van der Waals surface area (Å²) in [5, 5.41) is 9.57. The number of amides is 2. The molecule has 0 radical (unpaired) electrons. The smallest absolute Gasteiger partial charge is 0.315 e. The monoisotopic (exact) mass is 365 g/mol. The zero-order valence-electron chi connectivity index (χ0n) is 13.9. The maximum atomic E-state index is 12.1. The molecule has 1 aliphatic carbocycles. The van der Waals surface area contributed by atoms with E-state index in [1.165, 1.54) is 6.42 Å². The standard InChI is InChI=1S/C16H23N5O3S/c22-16(19-13-4-2-1-3-5-13)17-9-11-25(23,24)20-14-7-10-21-15(12-14)6-8-18-21/h6-8,10,12-13,20H,1-5,9,11H2,(H2,17,19,22). The minimum absolute atomic E-state index is 0.0583. The highest BCUT2D eigenvalue weighted by atomic mass is 32.2. The van der Waals surface area contributed by atoms with Gasteiger partial charge in [-0.25, -0.2) is 17.7 Å². The average molecular weight is 365 g/mol. The number of sulfonamides is 1. The fourth-order valence-corrected chi connectivity index (χ4v) is 3.96. The molecule has 0 unspecified atom stereocenters. The molecule has 1 fully saturated rings. The number of nitrogens with zero attached hydrogens (tertiary/aromatic N) is 2. The summed E-state index contributed by atoms with van der Waals surface area (Å²) in [4.78, 5) is 11.8. The third-order valence-corrected chi connectivity index (χ3v) is 5.56. The third-order valence-electron chi connectivity index (χ3n) is 4.27. The van der Waals surface area contributed by atoms with Gasteiger partial charge in [0.05, 0.1) is 17.0 Å². The maximum Gasteiger partial charge on any atom is 0.315 e. The second-order valence-corrected chi connectivity index (χ2v) is 8.11. The number of nitrogens with one attached hydrogen (secondary N) is 3. The van der Waals surface area contributed by atoms with Crippen molar-refractivity contribution in [3.63, 3.8) is 0 Å². The van der Waals surface area contributed by atoms with Gasteiger partial charge in [-0.1, -0.05) is 19.3 Å². The lowest BCUT2D eigenvalue weighted by atomic mass is 9.96. The predicted molar refractivity (Wildman–Crippen MR) is 96.0 cm³/mol. The van der Waals surface area contributed by atoms with Gasteiger partial charge in [0.1, 0.15) is 0 Å². The molecule has 1 aliphatic rings. The van der Waals surface area contributed by atoms with Crippen LogP contribution in [0.4, 0.5) is 10.5 Å². The summed E-state index contributed by atoms with van der Waals surface area (Å²) < 4.78 is 28.4. The van der Waals surface area contributed by atoms with Gasteiger partial charge in [-0.3, -0.25) is 4.72 Å². The molecule has 2 heterocycles. The van der Waals surface area contributed by atoms with Crippen molar-refractivity contribution in [3.8, 4) is 0 Å². The van der Waals surface area contributed by atoms with E-state index in [-0.39, 0.29) is 24.4 Å². The third kappa shape index (κ3) is 5.09. The summed E-state index contributed by atoms with van der Waals surface area (Å²) in [6, 6.07) is 5.03. The highest BCUT2D eigenvalue weighted by molar-refractivity contribution is 7.92. The van der Waals surface area contributed by atoms with Gasteiger partial charge in [0.15, 0.2) is 0 Å². The predicted octanol–water partition coefficient (Wildman–Crippen LogP) is 1.71. The Morgan fingerprint density at radius 2 is 2.04 bits per heavy atom. The first-order valence-electron chi connectivity index (χ1n) is 8.50. The minimum Gasteiger partial charge on any atom is -0.337 e. The second kappa shape index (κ2) is 7.73. The van der Waals surface area contributed by atoms with Crippen molar-refractivity contribution in [2.75, 3.05) is 17.0 Å². The molecule has 9 heteroatoms. The Morgan fingerprint density at radius 3 is 2.84 bits per heavy atom. The number of pyridine rings is 1. The number of urea groups is 1. The Morgan fingerprint density at radius 1 is 1.24 bits per heavy atom. The first-order chi connectivity index (χ1) is 12.0. The number of carbonyl (C=O) groups excluding carboxylic acids is 1. The molecule has 0 bridgehead atoms. The lowest BCUT2D eigenvalue weighted by Crippen LogP contribution is -2.44. The number of aromatic nitrogens is 2. The molecule has 2 aromatic rings. The van der Waals surface area contributed by atoms with E-state index in [2.05, 4.69) is 20.5 Å². The molecule has 2 amide bonds. The van der Waals surface area contributed by atoms with Gasteiger partial charge in [-0.15, -0.1) is 0 Å². The zero-order valence-corrected chi connectivity index (χ0v) is 14.8. The lowest BCUT2D eigenvalue weighted by molar-refractivity contribution is 0.233. The SMILES string of the molecule is O=C(NCCS(=O)(=O)Nc1ccn2nccc2c1)NC1CCCCC1. The van der Waals surface area contributed by atoms with E-state index in [9.17, 15) is 13.2 Å². The molecule has 0 aliphatic heterocycles. The molecule has 8 nitrogen and oxygen atoms in total. The van der Waals surface area contributed by atoms with Crippen LogP contribution >= 0.6 is 0 Å². The number of anilines is 1.